The van der Waals surface area contributed by atoms with Crippen LogP contribution in [0.2, 0.25) is 0 Å². The molecule has 0 saturated heterocycles. The van der Waals surface area contributed by atoms with E-state index in [-0.39, 0.29) is 4.90 Å². The molecule has 0 bridgehead atoms. The van der Waals surface area contributed by atoms with E-state index in [0.717, 1.165) is 53.7 Å². The number of hydrogen-bond acceptors (Lipinski definition) is 6. The Morgan fingerprint density at radius 1 is 1.02 bits per heavy atom. The number of amides is 1. The van der Waals surface area contributed by atoms with Gasteiger partial charge in [-0.05, 0) is 72.9 Å². The Kier molecular flexibility index (Phi) is 10.4. The van der Waals surface area contributed by atoms with Crippen LogP contribution in [0, 0.1) is 0 Å². The van der Waals surface area contributed by atoms with E-state index in [4.69, 9.17) is 10.5 Å². The second-order valence-corrected chi connectivity index (χ2v) is 12.9. The molecule has 0 spiro atoms. The molecular formula is C34H40N4O4S. The van der Waals surface area contributed by atoms with Gasteiger partial charge in [0.25, 0.3) is 10.0 Å². The minimum atomic E-state index is -3.74. The Morgan fingerprint density at radius 3 is 2.49 bits per heavy atom. The van der Waals surface area contributed by atoms with Crippen molar-refractivity contribution in [1.29, 1.82) is 0 Å². The molecule has 0 fully saturated rings. The van der Waals surface area contributed by atoms with Gasteiger partial charge in [-0.25, -0.2) is 17.2 Å². The fourth-order valence-electron chi connectivity index (χ4n) is 5.03. The van der Waals surface area contributed by atoms with Crippen LogP contribution in [0.15, 0.2) is 102 Å². The maximum Gasteiger partial charge on any atom is 0.405 e. The summed E-state index contributed by atoms with van der Waals surface area (Å²) >= 11 is 0. The number of carbonyl (C=O) groups excluding carboxylic acids is 1. The first-order valence-corrected chi connectivity index (χ1v) is 15.9. The zero-order valence-electron chi connectivity index (χ0n) is 25.0. The molecule has 43 heavy (non-hydrogen) atoms. The third-order valence-corrected chi connectivity index (χ3v) is 8.76. The molecule has 0 aliphatic rings. The number of anilines is 1. The molecule has 9 heteroatoms. The number of hydrogen-bond donors (Lipinski definition) is 1. The van der Waals surface area contributed by atoms with E-state index in [0.29, 0.717) is 13.0 Å². The Labute approximate surface area is 254 Å². The summed E-state index contributed by atoms with van der Waals surface area (Å²) < 4.78 is 33.2. The van der Waals surface area contributed by atoms with Crippen molar-refractivity contribution in [2.45, 2.75) is 57.0 Å². The van der Waals surface area contributed by atoms with E-state index in [2.05, 4.69) is 22.9 Å². The molecule has 226 valence electrons. The molecule has 0 unspecified atom stereocenters. The Morgan fingerprint density at radius 2 is 1.79 bits per heavy atom. The van der Waals surface area contributed by atoms with Crippen LogP contribution in [-0.2, 0) is 21.2 Å². The molecule has 4 rings (SSSR count). The van der Waals surface area contributed by atoms with Crippen LogP contribution in [0.4, 0.5) is 10.5 Å². The van der Waals surface area contributed by atoms with E-state index in [9.17, 15) is 13.2 Å². The van der Waals surface area contributed by atoms with Gasteiger partial charge in [0.05, 0.1) is 4.90 Å². The van der Waals surface area contributed by atoms with Gasteiger partial charge in [0.2, 0.25) is 0 Å². The van der Waals surface area contributed by atoms with Crippen LogP contribution < -0.4 is 10.6 Å². The minimum Gasteiger partial charge on any atom is -0.443 e. The maximum atomic E-state index is 13.3. The first kappa shape index (κ1) is 31.6. The molecule has 2 aromatic heterocycles. The van der Waals surface area contributed by atoms with Gasteiger partial charge < -0.3 is 15.4 Å². The zero-order valence-corrected chi connectivity index (χ0v) is 25.8. The molecule has 0 radical (unpaired) electrons. The number of primary amides is 1. The number of para-hydroxylation sites is 1. The monoisotopic (exact) mass is 600 g/mol. The van der Waals surface area contributed by atoms with Gasteiger partial charge >= 0.3 is 6.09 Å². The Bertz CT molecular complexity index is 1630. The largest absolute Gasteiger partial charge is 0.443 e. The number of benzene rings is 2. The SMILES string of the molecule is CCCCCN(C/C=C/c1ccn(S(=O)(=O)c2ccc(-c3cccnc3)cc2)c1)c1ccccc1CC(C)(C)OC(N)=O. The lowest BCUT2D eigenvalue weighted by molar-refractivity contribution is 0.0461. The van der Waals surface area contributed by atoms with E-state index >= 15 is 0 Å². The van der Waals surface area contributed by atoms with Crippen molar-refractivity contribution >= 4 is 27.9 Å². The highest BCUT2D eigenvalue weighted by Gasteiger charge is 2.24. The average Bonchev–Trinajstić information content (AvgIpc) is 3.46. The van der Waals surface area contributed by atoms with Crippen molar-refractivity contribution in [2.24, 2.45) is 5.73 Å². The molecule has 0 aliphatic heterocycles. The lowest BCUT2D eigenvalue weighted by Gasteiger charge is -2.30. The highest BCUT2D eigenvalue weighted by atomic mass is 32.2. The molecule has 0 aliphatic carbocycles. The van der Waals surface area contributed by atoms with Crippen LogP contribution >= 0.6 is 0 Å². The van der Waals surface area contributed by atoms with Crippen molar-refractivity contribution in [2.75, 3.05) is 18.0 Å². The van der Waals surface area contributed by atoms with Gasteiger partial charge in [-0.3, -0.25) is 4.98 Å². The van der Waals surface area contributed by atoms with Crippen molar-refractivity contribution in [3.8, 4) is 11.1 Å². The van der Waals surface area contributed by atoms with Crippen molar-refractivity contribution in [1.82, 2.24) is 8.96 Å². The van der Waals surface area contributed by atoms with Gasteiger partial charge in [-0.15, -0.1) is 0 Å². The number of nitrogens with zero attached hydrogens (tertiary/aromatic N) is 3. The summed E-state index contributed by atoms with van der Waals surface area (Å²) in [5.41, 5.74) is 9.29. The number of ether oxygens (including phenoxy) is 1. The van der Waals surface area contributed by atoms with Gasteiger partial charge in [-0.2, -0.15) is 0 Å². The third-order valence-electron chi connectivity index (χ3n) is 7.11. The maximum absolute atomic E-state index is 13.3. The normalized spacial score (nSPS) is 12.0. The zero-order chi connectivity index (χ0) is 30.9. The van der Waals surface area contributed by atoms with Crippen molar-refractivity contribution in [3.63, 3.8) is 0 Å². The van der Waals surface area contributed by atoms with Crippen molar-refractivity contribution in [3.05, 3.63) is 109 Å². The van der Waals surface area contributed by atoms with Gasteiger partial charge in [0, 0.05) is 50.0 Å². The highest BCUT2D eigenvalue weighted by Crippen LogP contribution is 2.27. The van der Waals surface area contributed by atoms with E-state index in [1.807, 2.05) is 56.3 Å². The number of unbranched alkanes of at least 4 members (excludes halogenated alkanes) is 2. The quantitative estimate of drug-likeness (QED) is 0.158. The van der Waals surface area contributed by atoms with E-state index < -0.39 is 21.7 Å². The van der Waals surface area contributed by atoms with Crippen LogP contribution in [0.5, 0.6) is 0 Å². The number of nitrogens with two attached hydrogens (primary N) is 1. The molecule has 2 N–H and O–H groups in total. The fourth-order valence-corrected chi connectivity index (χ4v) is 6.23. The minimum absolute atomic E-state index is 0.216. The van der Waals surface area contributed by atoms with E-state index in [1.165, 1.54) is 3.97 Å². The number of pyridine rings is 1. The summed E-state index contributed by atoms with van der Waals surface area (Å²) in [6, 6.07) is 20.5. The summed E-state index contributed by atoms with van der Waals surface area (Å²) in [6.45, 7) is 7.37. The van der Waals surface area contributed by atoms with Crippen LogP contribution in [0.1, 0.15) is 51.2 Å². The van der Waals surface area contributed by atoms with Crippen LogP contribution in [0.3, 0.4) is 0 Å². The van der Waals surface area contributed by atoms with Gasteiger partial charge in [0.1, 0.15) is 5.60 Å². The molecule has 1 amide bonds. The predicted octanol–water partition coefficient (Wildman–Crippen LogP) is 6.91. The smallest absolute Gasteiger partial charge is 0.405 e. The summed E-state index contributed by atoms with van der Waals surface area (Å²) in [7, 11) is -3.74. The predicted molar refractivity (Wildman–Crippen MR) is 172 cm³/mol. The number of aromatic nitrogens is 2. The topological polar surface area (TPSA) is 108 Å². The molecule has 2 heterocycles. The van der Waals surface area contributed by atoms with Gasteiger partial charge in [0.15, 0.2) is 0 Å². The first-order valence-electron chi connectivity index (χ1n) is 14.5. The molecule has 0 atom stereocenters. The van der Waals surface area contributed by atoms with Crippen LogP contribution in [-0.4, -0.2) is 42.2 Å². The van der Waals surface area contributed by atoms with Crippen LogP contribution in [0.25, 0.3) is 17.2 Å². The first-order chi connectivity index (χ1) is 20.6. The highest BCUT2D eigenvalue weighted by molar-refractivity contribution is 7.90. The molecule has 4 aromatic rings. The summed E-state index contributed by atoms with van der Waals surface area (Å²) in [5, 5.41) is 0. The Hall–Kier alpha value is -4.37. The lowest BCUT2D eigenvalue weighted by atomic mass is 9.96. The number of rotatable bonds is 14. The third kappa shape index (κ3) is 8.58. The van der Waals surface area contributed by atoms with E-state index in [1.54, 1.807) is 55.1 Å². The fraction of sp³-hybridized carbons (Fsp3) is 0.294. The molecule has 8 nitrogen and oxygen atoms in total. The Balaban J connectivity index is 1.49. The van der Waals surface area contributed by atoms with Crippen molar-refractivity contribution < 1.29 is 17.9 Å². The number of carbonyl (C=O) groups is 1. The van der Waals surface area contributed by atoms with Gasteiger partial charge in [-0.1, -0.05) is 68.3 Å². The molecular weight excluding hydrogens is 560 g/mol. The summed E-state index contributed by atoms with van der Waals surface area (Å²) in [5.74, 6) is 0. The molecule has 2 aromatic carbocycles. The standard InChI is InChI=1S/C34H40N4O4S/c1-4-5-8-21-37(32-14-7-6-12-29(32)24-34(2,3)42-33(35)39)22-10-11-27-19-23-38(26-27)43(40,41)31-17-15-28(16-18-31)30-13-9-20-36-25-30/h6-7,9-20,23,25-26H,4-5,8,21-22,24H2,1-3H3,(H2,35,39)/b11-10+. The average molecular weight is 601 g/mol. The summed E-state index contributed by atoms with van der Waals surface area (Å²) in [4.78, 5) is 18.1. The molecule has 0 saturated carbocycles. The second-order valence-electron chi connectivity index (χ2n) is 11.1. The second kappa shape index (κ2) is 14.2. The lowest BCUT2D eigenvalue weighted by Crippen LogP contribution is -2.34. The summed E-state index contributed by atoms with van der Waals surface area (Å²) in [6.07, 6.45) is 13.6.